The Morgan fingerprint density at radius 1 is 1.40 bits per heavy atom. The van der Waals surface area contributed by atoms with Crippen molar-refractivity contribution in [3.63, 3.8) is 0 Å². The summed E-state index contributed by atoms with van der Waals surface area (Å²) in [6.45, 7) is 5.10. The predicted molar refractivity (Wildman–Crippen MR) is 78.0 cm³/mol. The maximum Gasteiger partial charge on any atom is 0.352 e. The van der Waals surface area contributed by atoms with E-state index in [1.165, 1.54) is 10.9 Å². The van der Waals surface area contributed by atoms with Gasteiger partial charge in [0.15, 0.2) is 0 Å². The SMILES string of the molecule is CC(C)CNc1ncn(Cc2ncccc2Cl)c(=O)n1. The number of nitrogens with one attached hydrogen (secondary N) is 1. The minimum Gasteiger partial charge on any atom is -0.354 e. The van der Waals surface area contributed by atoms with Crippen molar-refractivity contribution in [3.8, 4) is 0 Å². The van der Waals surface area contributed by atoms with E-state index >= 15 is 0 Å². The van der Waals surface area contributed by atoms with E-state index in [0.29, 0.717) is 22.6 Å². The summed E-state index contributed by atoms with van der Waals surface area (Å²) < 4.78 is 1.37. The van der Waals surface area contributed by atoms with Gasteiger partial charge >= 0.3 is 5.69 Å². The standard InChI is InChI=1S/C13H16ClN5O/c1-9(2)6-16-12-17-8-19(13(20)18-12)7-11-10(14)4-3-5-15-11/h3-5,8-9H,6-7H2,1-2H3,(H,16,18,20). The average molecular weight is 294 g/mol. The quantitative estimate of drug-likeness (QED) is 0.910. The fourth-order valence-corrected chi connectivity index (χ4v) is 1.72. The minimum atomic E-state index is -0.382. The monoisotopic (exact) mass is 293 g/mol. The number of pyridine rings is 1. The zero-order chi connectivity index (χ0) is 14.5. The van der Waals surface area contributed by atoms with Crippen LogP contribution in [0.25, 0.3) is 0 Å². The molecule has 0 fully saturated rings. The first-order valence-electron chi connectivity index (χ1n) is 6.33. The third kappa shape index (κ3) is 3.77. The van der Waals surface area contributed by atoms with E-state index in [1.807, 2.05) is 0 Å². The Bertz CT molecular complexity index is 641. The van der Waals surface area contributed by atoms with E-state index in [1.54, 1.807) is 18.3 Å². The van der Waals surface area contributed by atoms with Crippen LogP contribution in [0.1, 0.15) is 19.5 Å². The third-order valence-corrected chi connectivity index (χ3v) is 2.93. The second-order valence-corrected chi connectivity index (χ2v) is 5.20. The van der Waals surface area contributed by atoms with E-state index in [0.717, 1.165) is 6.54 Å². The molecule has 0 aliphatic rings. The molecule has 1 N–H and O–H groups in total. The molecule has 2 aromatic rings. The Kier molecular flexibility index (Phi) is 4.68. The van der Waals surface area contributed by atoms with Crippen LogP contribution in [0.5, 0.6) is 0 Å². The van der Waals surface area contributed by atoms with Crippen molar-refractivity contribution >= 4 is 17.5 Å². The first kappa shape index (κ1) is 14.5. The van der Waals surface area contributed by atoms with Gasteiger partial charge in [-0.1, -0.05) is 25.4 Å². The average Bonchev–Trinajstić information content (AvgIpc) is 2.41. The van der Waals surface area contributed by atoms with Gasteiger partial charge in [0, 0.05) is 12.7 Å². The van der Waals surface area contributed by atoms with Crippen molar-refractivity contribution < 1.29 is 0 Å². The molecule has 0 aliphatic carbocycles. The number of hydrogen-bond acceptors (Lipinski definition) is 5. The van der Waals surface area contributed by atoms with Crippen LogP contribution in [-0.2, 0) is 6.54 Å². The molecule has 0 bridgehead atoms. The third-order valence-electron chi connectivity index (χ3n) is 2.59. The smallest absolute Gasteiger partial charge is 0.352 e. The van der Waals surface area contributed by atoms with Crippen LogP contribution in [-0.4, -0.2) is 26.1 Å². The molecule has 0 unspecified atom stereocenters. The molecule has 0 saturated heterocycles. The number of rotatable bonds is 5. The molecule has 6 nitrogen and oxygen atoms in total. The molecule has 2 rings (SSSR count). The predicted octanol–water partition coefficient (Wildman–Crippen LogP) is 1.80. The summed E-state index contributed by atoms with van der Waals surface area (Å²) in [5.74, 6) is 0.792. The zero-order valence-electron chi connectivity index (χ0n) is 11.4. The first-order valence-corrected chi connectivity index (χ1v) is 6.71. The maximum absolute atomic E-state index is 11.9. The summed E-state index contributed by atoms with van der Waals surface area (Å²) in [5, 5.41) is 3.53. The second-order valence-electron chi connectivity index (χ2n) is 4.80. The van der Waals surface area contributed by atoms with Crippen LogP contribution >= 0.6 is 11.6 Å². The van der Waals surface area contributed by atoms with Crippen LogP contribution in [0.15, 0.2) is 29.5 Å². The number of halogens is 1. The van der Waals surface area contributed by atoms with Crippen molar-refractivity contribution in [2.24, 2.45) is 5.92 Å². The molecule has 2 aromatic heterocycles. The molecule has 0 spiro atoms. The lowest BCUT2D eigenvalue weighted by Gasteiger charge is -2.08. The molecule has 0 saturated carbocycles. The van der Waals surface area contributed by atoms with Gasteiger partial charge in [0.25, 0.3) is 0 Å². The molecule has 7 heteroatoms. The highest BCUT2D eigenvalue weighted by atomic mass is 35.5. The summed E-state index contributed by atoms with van der Waals surface area (Å²) in [4.78, 5) is 24.0. The van der Waals surface area contributed by atoms with Crippen molar-refractivity contribution in [1.29, 1.82) is 0 Å². The van der Waals surface area contributed by atoms with E-state index in [4.69, 9.17) is 11.6 Å². The second kappa shape index (κ2) is 6.47. The van der Waals surface area contributed by atoms with Crippen LogP contribution < -0.4 is 11.0 Å². The van der Waals surface area contributed by atoms with E-state index < -0.39 is 0 Å². The van der Waals surface area contributed by atoms with Gasteiger partial charge in [-0.3, -0.25) is 9.55 Å². The van der Waals surface area contributed by atoms with Gasteiger partial charge in [-0.05, 0) is 18.1 Å². The highest BCUT2D eigenvalue weighted by Gasteiger charge is 2.06. The zero-order valence-corrected chi connectivity index (χ0v) is 12.1. The molecule has 0 atom stereocenters. The summed E-state index contributed by atoms with van der Waals surface area (Å²) >= 11 is 6.01. The molecular formula is C13H16ClN5O. The lowest BCUT2D eigenvalue weighted by Crippen LogP contribution is -2.26. The fourth-order valence-electron chi connectivity index (χ4n) is 1.54. The summed E-state index contributed by atoms with van der Waals surface area (Å²) in [6, 6.07) is 3.47. The molecule has 0 aromatic carbocycles. The molecule has 0 amide bonds. The van der Waals surface area contributed by atoms with Crippen LogP contribution in [0.3, 0.4) is 0 Å². The lowest BCUT2D eigenvalue weighted by molar-refractivity contribution is 0.665. The Balaban J connectivity index is 2.14. The van der Waals surface area contributed by atoms with Crippen LogP contribution in [0, 0.1) is 5.92 Å². The van der Waals surface area contributed by atoms with E-state index in [9.17, 15) is 4.79 Å². The van der Waals surface area contributed by atoms with Gasteiger partial charge in [-0.2, -0.15) is 4.98 Å². The van der Waals surface area contributed by atoms with Crippen LogP contribution in [0.2, 0.25) is 5.02 Å². The van der Waals surface area contributed by atoms with E-state index in [-0.39, 0.29) is 12.2 Å². The topological polar surface area (TPSA) is 72.7 Å². The van der Waals surface area contributed by atoms with Gasteiger partial charge < -0.3 is 5.32 Å². The van der Waals surface area contributed by atoms with Crippen molar-refractivity contribution in [3.05, 3.63) is 45.9 Å². The largest absolute Gasteiger partial charge is 0.354 e. The fraction of sp³-hybridized carbons (Fsp3) is 0.385. The Hall–Kier alpha value is -1.95. The van der Waals surface area contributed by atoms with Gasteiger partial charge in [0.2, 0.25) is 5.95 Å². The Labute approximate surface area is 121 Å². The van der Waals surface area contributed by atoms with Crippen molar-refractivity contribution in [2.75, 3.05) is 11.9 Å². The van der Waals surface area contributed by atoms with E-state index in [2.05, 4.69) is 34.1 Å². The lowest BCUT2D eigenvalue weighted by atomic mass is 10.2. The van der Waals surface area contributed by atoms with Gasteiger partial charge in [-0.25, -0.2) is 9.78 Å². The Morgan fingerprint density at radius 3 is 2.85 bits per heavy atom. The molecule has 20 heavy (non-hydrogen) atoms. The Morgan fingerprint density at radius 2 is 2.20 bits per heavy atom. The van der Waals surface area contributed by atoms with Gasteiger partial charge in [0.05, 0.1) is 17.3 Å². The highest BCUT2D eigenvalue weighted by molar-refractivity contribution is 6.31. The maximum atomic E-state index is 11.9. The molecular weight excluding hydrogens is 278 g/mol. The van der Waals surface area contributed by atoms with Crippen molar-refractivity contribution in [1.82, 2.24) is 19.5 Å². The molecule has 2 heterocycles. The summed E-state index contributed by atoms with van der Waals surface area (Å²) in [5.41, 5.74) is 0.232. The number of aromatic nitrogens is 4. The summed E-state index contributed by atoms with van der Waals surface area (Å²) in [7, 11) is 0. The molecule has 106 valence electrons. The number of anilines is 1. The highest BCUT2D eigenvalue weighted by Crippen LogP contribution is 2.12. The minimum absolute atomic E-state index is 0.253. The van der Waals surface area contributed by atoms with Gasteiger partial charge in [-0.15, -0.1) is 0 Å². The molecule has 0 aliphatic heterocycles. The molecule has 0 radical (unpaired) electrons. The number of hydrogen-bond donors (Lipinski definition) is 1. The van der Waals surface area contributed by atoms with Crippen molar-refractivity contribution in [2.45, 2.75) is 20.4 Å². The van der Waals surface area contributed by atoms with Gasteiger partial charge in [0.1, 0.15) is 6.33 Å². The van der Waals surface area contributed by atoms with Crippen LogP contribution in [0.4, 0.5) is 5.95 Å². The number of nitrogens with zero attached hydrogens (tertiary/aromatic N) is 4. The summed E-state index contributed by atoms with van der Waals surface area (Å²) in [6.07, 6.45) is 3.08. The first-order chi connectivity index (χ1) is 9.56. The normalized spacial score (nSPS) is 10.8.